The molecule has 0 saturated carbocycles. The molecule has 1 aromatic carbocycles. The summed E-state index contributed by atoms with van der Waals surface area (Å²) in [5.41, 5.74) is 6.60. The van der Waals surface area contributed by atoms with Gasteiger partial charge in [-0.05, 0) is 40.8 Å². The van der Waals surface area contributed by atoms with E-state index >= 15 is 0 Å². The molecule has 2 rings (SSSR count). The summed E-state index contributed by atoms with van der Waals surface area (Å²) in [7, 11) is 0. The Balaban J connectivity index is 2.33. The summed E-state index contributed by atoms with van der Waals surface area (Å²) in [5, 5.41) is 12.0. The van der Waals surface area contributed by atoms with Crippen LogP contribution in [0.4, 0.5) is 17.2 Å². The van der Waals surface area contributed by atoms with E-state index < -0.39 is 5.97 Å². The number of carboxylic acid groups (broad SMARTS) is 1. The van der Waals surface area contributed by atoms with Crippen molar-refractivity contribution >= 4 is 45.8 Å². The van der Waals surface area contributed by atoms with Crippen molar-refractivity contribution in [3.05, 3.63) is 45.7 Å². The highest BCUT2D eigenvalue weighted by Crippen LogP contribution is 2.22. The van der Waals surface area contributed by atoms with Crippen molar-refractivity contribution in [1.29, 1.82) is 0 Å². The molecule has 0 amide bonds. The fraction of sp³-hybridized carbons (Fsp3) is 0. The molecule has 6 heteroatoms. The standard InChI is InChI=1S/C12H10IN3O2/c13-8-3-1-2-4-10(8)16-11-5-7(12(17)18)9(14)6-15-11/h1-6H,14H2,(H,15,16)(H,17,18). The summed E-state index contributed by atoms with van der Waals surface area (Å²) in [6.45, 7) is 0. The summed E-state index contributed by atoms with van der Waals surface area (Å²) in [4.78, 5) is 15.0. The number of nitrogens with zero attached hydrogens (tertiary/aromatic N) is 1. The number of pyridine rings is 1. The SMILES string of the molecule is Nc1cnc(Nc2ccccc2I)cc1C(=O)O. The van der Waals surface area contributed by atoms with Gasteiger partial charge in [-0.25, -0.2) is 9.78 Å². The molecule has 0 bridgehead atoms. The molecule has 0 aliphatic carbocycles. The van der Waals surface area contributed by atoms with Crippen LogP contribution < -0.4 is 11.1 Å². The van der Waals surface area contributed by atoms with E-state index in [-0.39, 0.29) is 11.3 Å². The third kappa shape index (κ3) is 2.70. The largest absolute Gasteiger partial charge is 0.478 e. The van der Waals surface area contributed by atoms with Gasteiger partial charge in [-0.1, -0.05) is 12.1 Å². The van der Waals surface area contributed by atoms with Gasteiger partial charge in [-0.15, -0.1) is 0 Å². The highest BCUT2D eigenvalue weighted by molar-refractivity contribution is 14.1. The Hall–Kier alpha value is -1.83. The molecule has 1 heterocycles. The van der Waals surface area contributed by atoms with Crippen LogP contribution in [0.15, 0.2) is 36.5 Å². The lowest BCUT2D eigenvalue weighted by Gasteiger charge is -2.09. The fourth-order valence-electron chi connectivity index (χ4n) is 1.42. The van der Waals surface area contributed by atoms with Gasteiger partial charge < -0.3 is 16.2 Å². The minimum absolute atomic E-state index is 0.0402. The molecular weight excluding hydrogens is 345 g/mol. The summed E-state index contributed by atoms with van der Waals surface area (Å²) in [6.07, 6.45) is 1.33. The molecule has 2 aromatic rings. The number of nitrogens with two attached hydrogens (primary N) is 1. The second-order valence-corrected chi connectivity index (χ2v) is 4.73. The molecular formula is C12H10IN3O2. The van der Waals surface area contributed by atoms with Crippen LogP contribution in [0.3, 0.4) is 0 Å². The van der Waals surface area contributed by atoms with E-state index in [9.17, 15) is 4.79 Å². The number of aromatic carboxylic acids is 1. The van der Waals surface area contributed by atoms with Crippen LogP contribution in [0.1, 0.15) is 10.4 Å². The number of nitrogens with one attached hydrogen (secondary N) is 1. The average Bonchev–Trinajstić information content (AvgIpc) is 2.34. The van der Waals surface area contributed by atoms with Gasteiger partial charge in [0.25, 0.3) is 0 Å². The van der Waals surface area contributed by atoms with Crippen molar-refractivity contribution in [1.82, 2.24) is 4.98 Å². The Bertz CT molecular complexity index is 602. The predicted octanol–water partition coefficient (Wildman–Crippen LogP) is 2.71. The first-order chi connectivity index (χ1) is 8.58. The van der Waals surface area contributed by atoms with Crippen molar-refractivity contribution in [3.63, 3.8) is 0 Å². The zero-order valence-corrected chi connectivity index (χ0v) is 11.4. The summed E-state index contributed by atoms with van der Waals surface area (Å²) in [6, 6.07) is 9.06. The molecule has 5 nitrogen and oxygen atoms in total. The molecule has 0 aliphatic rings. The first-order valence-electron chi connectivity index (χ1n) is 5.08. The molecule has 0 unspecified atom stereocenters. The number of carbonyl (C=O) groups is 1. The molecule has 0 spiro atoms. The quantitative estimate of drug-likeness (QED) is 0.737. The van der Waals surface area contributed by atoms with Gasteiger partial charge in [0.1, 0.15) is 5.82 Å². The van der Waals surface area contributed by atoms with E-state index in [2.05, 4.69) is 32.9 Å². The number of hydrogen-bond donors (Lipinski definition) is 3. The lowest BCUT2D eigenvalue weighted by Crippen LogP contribution is -2.05. The zero-order chi connectivity index (χ0) is 13.1. The number of anilines is 3. The van der Waals surface area contributed by atoms with Crippen molar-refractivity contribution < 1.29 is 9.90 Å². The minimum Gasteiger partial charge on any atom is -0.478 e. The highest BCUT2D eigenvalue weighted by Gasteiger charge is 2.10. The number of nitrogen functional groups attached to an aromatic ring is 1. The lowest BCUT2D eigenvalue weighted by atomic mass is 10.2. The summed E-state index contributed by atoms with van der Waals surface area (Å²) in [5.74, 6) is -0.619. The maximum Gasteiger partial charge on any atom is 0.337 e. The summed E-state index contributed by atoms with van der Waals surface area (Å²) < 4.78 is 1.02. The normalized spacial score (nSPS) is 10.1. The van der Waals surface area contributed by atoms with Gasteiger partial charge >= 0.3 is 5.97 Å². The second kappa shape index (κ2) is 5.21. The Kier molecular flexibility index (Phi) is 3.66. The molecule has 0 fully saturated rings. The van der Waals surface area contributed by atoms with E-state index in [1.165, 1.54) is 12.3 Å². The molecule has 4 N–H and O–H groups in total. The predicted molar refractivity (Wildman–Crippen MR) is 78.1 cm³/mol. The third-order valence-corrected chi connectivity index (χ3v) is 3.24. The van der Waals surface area contributed by atoms with Gasteiger partial charge in [0, 0.05) is 3.57 Å². The smallest absolute Gasteiger partial charge is 0.337 e. The van der Waals surface area contributed by atoms with Crippen LogP contribution >= 0.6 is 22.6 Å². The van der Waals surface area contributed by atoms with Crippen LogP contribution in [0.5, 0.6) is 0 Å². The van der Waals surface area contributed by atoms with Crippen molar-refractivity contribution in [2.24, 2.45) is 0 Å². The average molecular weight is 355 g/mol. The second-order valence-electron chi connectivity index (χ2n) is 3.57. The molecule has 92 valence electrons. The molecule has 0 saturated heterocycles. The molecule has 18 heavy (non-hydrogen) atoms. The van der Waals surface area contributed by atoms with Gasteiger partial charge in [0.2, 0.25) is 0 Å². The van der Waals surface area contributed by atoms with Gasteiger partial charge in [-0.2, -0.15) is 0 Å². The van der Waals surface area contributed by atoms with Gasteiger partial charge in [0.05, 0.1) is 23.1 Å². The molecule has 0 atom stereocenters. The molecule has 1 aromatic heterocycles. The van der Waals surface area contributed by atoms with Crippen molar-refractivity contribution in [2.45, 2.75) is 0 Å². The maximum absolute atomic E-state index is 11.0. The number of carboxylic acids is 1. The molecule has 0 radical (unpaired) electrons. The van der Waals surface area contributed by atoms with Crippen LogP contribution in [0.2, 0.25) is 0 Å². The number of para-hydroxylation sites is 1. The topological polar surface area (TPSA) is 88.2 Å². The fourth-order valence-corrected chi connectivity index (χ4v) is 1.94. The van der Waals surface area contributed by atoms with Crippen LogP contribution in [-0.2, 0) is 0 Å². The minimum atomic E-state index is -1.07. The van der Waals surface area contributed by atoms with E-state index in [1.54, 1.807) is 0 Å². The number of hydrogen-bond acceptors (Lipinski definition) is 4. The molecule has 0 aliphatic heterocycles. The lowest BCUT2D eigenvalue weighted by molar-refractivity contribution is 0.0698. The van der Waals surface area contributed by atoms with E-state index in [0.717, 1.165) is 9.26 Å². The third-order valence-electron chi connectivity index (χ3n) is 2.30. The van der Waals surface area contributed by atoms with Crippen molar-refractivity contribution in [2.75, 3.05) is 11.1 Å². The van der Waals surface area contributed by atoms with E-state index in [1.807, 2.05) is 24.3 Å². The Labute approximate surface area is 117 Å². The summed E-state index contributed by atoms with van der Waals surface area (Å²) >= 11 is 2.18. The van der Waals surface area contributed by atoms with Gasteiger partial charge in [0.15, 0.2) is 0 Å². The number of rotatable bonds is 3. The highest BCUT2D eigenvalue weighted by atomic mass is 127. The Morgan fingerprint density at radius 2 is 2.11 bits per heavy atom. The van der Waals surface area contributed by atoms with E-state index in [0.29, 0.717) is 5.82 Å². The number of aromatic nitrogens is 1. The van der Waals surface area contributed by atoms with Gasteiger partial charge in [-0.3, -0.25) is 0 Å². The monoisotopic (exact) mass is 355 g/mol. The van der Waals surface area contributed by atoms with E-state index in [4.69, 9.17) is 10.8 Å². The van der Waals surface area contributed by atoms with Crippen LogP contribution in [0, 0.1) is 3.57 Å². The Morgan fingerprint density at radius 3 is 2.78 bits per heavy atom. The number of halogens is 1. The first kappa shape index (κ1) is 12.6. The maximum atomic E-state index is 11.0. The first-order valence-corrected chi connectivity index (χ1v) is 6.16. The van der Waals surface area contributed by atoms with Crippen molar-refractivity contribution in [3.8, 4) is 0 Å². The van der Waals surface area contributed by atoms with Crippen LogP contribution in [0.25, 0.3) is 0 Å². The number of benzene rings is 1. The van der Waals surface area contributed by atoms with Crippen LogP contribution in [-0.4, -0.2) is 16.1 Å². The zero-order valence-electron chi connectivity index (χ0n) is 9.22. The Morgan fingerprint density at radius 1 is 1.39 bits per heavy atom.